The smallest absolute Gasteiger partial charge is 0.161 e. The number of benzene rings is 3. The SMILES string of the molecule is Oc1ccc(-c2cc(-c3ccccc3)c3oc4ccccc4c3n2)cc1. The largest absolute Gasteiger partial charge is 0.508 e. The molecule has 0 aliphatic carbocycles. The van der Waals surface area contributed by atoms with Crippen LogP contribution in [0.2, 0.25) is 0 Å². The highest BCUT2D eigenvalue weighted by molar-refractivity contribution is 6.08. The van der Waals surface area contributed by atoms with Crippen LogP contribution in [0.3, 0.4) is 0 Å². The summed E-state index contributed by atoms with van der Waals surface area (Å²) in [5, 5.41) is 10.6. The minimum Gasteiger partial charge on any atom is -0.508 e. The fourth-order valence-corrected chi connectivity index (χ4v) is 3.29. The van der Waals surface area contributed by atoms with Gasteiger partial charge in [-0.2, -0.15) is 0 Å². The first kappa shape index (κ1) is 14.7. The molecule has 0 bridgehead atoms. The van der Waals surface area contributed by atoms with Crippen molar-refractivity contribution in [1.82, 2.24) is 4.98 Å². The van der Waals surface area contributed by atoms with E-state index in [4.69, 9.17) is 9.40 Å². The number of hydrogen-bond donors (Lipinski definition) is 1. The third kappa shape index (κ3) is 2.33. The Morgan fingerprint density at radius 1 is 0.731 bits per heavy atom. The maximum absolute atomic E-state index is 9.58. The second kappa shape index (κ2) is 5.74. The van der Waals surface area contributed by atoms with Crippen molar-refractivity contribution in [3.05, 3.63) is 84.9 Å². The Kier molecular flexibility index (Phi) is 3.25. The summed E-state index contributed by atoms with van der Waals surface area (Å²) in [7, 11) is 0. The maximum Gasteiger partial charge on any atom is 0.161 e. The van der Waals surface area contributed by atoms with Crippen molar-refractivity contribution in [3.63, 3.8) is 0 Å². The topological polar surface area (TPSA) is 46.3 Å². The van der Waals surface area contributed by atoms with E-state index in [0.29, 0.717) is 0 Å². The van der Waals surface area contributed by atoms with Crippen LogP contribution in [0.25, 0.3) is 44.5 Å². The molecule has 5 aromatic rings. The van der Waals surface area contributed by atoms with E-state index in [0.717, 1.165) is 44.5 Å². The number of furan rings is 1. The lowest BCUT2D eigenvalue weighted by Gasteiger charge is -2.07. The Morgan fingerprint density at radius 3 is 2.27 bits per heavy atom. The Balaban J connectivity index is 1.87. The third-order valence-electron chi connectivity index (χ3n) is 4.58. The number of hydrogen-bond acceptors (Lipinski definition) is 3. The number of para-hydroxylation sites is 1. The molecular formula is C23H15NO2. The van der Waals surface area contributed by atoms with Crippen LogP contribution in [0, 0.1) is 0 Å². The zero-order valence-corrected chi connectivity index (χ0v) is 13.9. The molecule has 0 amide bonds. The number of phenols is 1. The van der Waals surface area contributed by atoms with Gasteiger partial charge in [-0.15, -0.1) is 0 Å². The van der Waals surface area contributed by atoms with E-state index in [1.807, 2.05) is 60.7 Å². The molecule has 5 rings (SSSR count). The molecule has 3 nitrogen and oxygen atoms in total. The second-order valence-corrected chi connectivity index (χ2v) is 6.24. The summed E-state index contributed by atoms with van der Waals surface area (Å²) in [6.07, 6.45) is 0. The molecule has 0 saturated carbocycles. The van der Waals surface area contributed by atoms with Crippen molar-refractivity contribution in [2.45, 2.75) is 0 Å². The minimum absolute atomic E-state index is 0.242. The summed E-state index contributed by atoms with van der Waals surface area (Å²) >= 11 is 0. The molecule has 3 aromatic carbocycles. The zero-order chi connectivity index (χ0) is 17.5. The molecule has 2 aromatic heterocycles. The van der Waals surface area contributed by atoms with Gasteiger partial charge in [0.05, 0.1) is 5.69 Å². The van der Waals surface area contributed by atoms with E-state index in [2.05, 4.69) is 12.1 Å². The van der Waals surface area contributed by atoms with Crippen LogP contribution in [0.15, 0.2) is 89.3 Å². The first-order valence-corrected chi connectivity index (χ1v) is 8.47. The molecule has 0 unspecified atom stereocenters. The van der Waals surface area contributed by atoms with E-state index in [-0.39, 0.29) is 5.75 Å². The molecule has 0 aliphatic heterocycles. The molecule has 124 valence electrons. The van der Waals surface area contributed by atoms with Gasteiger partial charge in [-0.3, -0.25) is 0 Å². The monoisotopic (exact) mass is 337 g/mol. The van der Waals surface area contributed by atoms with Crippen LogP contribution in [-0.4, -0.2) is 10.1 Å². The van der Waals surface area contributed by atoms with Gasteiger partial charge in [-0.25, -0.2) is 4.98 Å². The number of rotatable bonds is 2. The van der Waals surface area contributed by atoms with Crippen LogP contribution in [-0.2, 0) is 0 Å². The van der Waals surface area contributed by atoms with Gasteiger partial charge in [-0.05, 0) is 48.0 Å². The average molecular weight is 337 g/mol. The lowest BCUT2D eigenvalue weighted by Crippen LogP contribution is -1.88. The summed E-state index contributed by atoms with van der Waals surface area (Å²) in [6.45, 7) is 0. The zero-order valence-electron chi connectivity index (χ0n) is 13.9. The van der Waals surface area contributed by atoms with E-state index < -0.39 is 0 Å². The lowest BCUT2D eigenvalue weighted by molar-refractivity contribution is 0.475. The molecule has 0 aliphatic rings. The number of aromatic hydroxyl groups is 1. The van der Waals surface area contributed by atoms with Gasteiger partial charge in [0.2, 0.25) is 0 Å². The Hall–Kier alpha value is -3.59. The van der Waals surface area contributed by atoms with Crippen LogP contribution in [0.1, 0.15) is 0 Å². The standard InChI is InChI=1S/C23H15NO2/c25-17-12-10-16(11-13-17)20-14-19(15-6-2-1-3-7-15)23-22(24-20)18-8-4-5-9-21(18)26-23/h1-14,25H. The summed E-state index contributed by atoms with van der Waals surface area (Å²) in [6, 6.07) is 27.3. The fraction of sp³-hybridized carbons (Fsp3) is 0. The molecule has 0 spiro atoms. The molecule has 0 atom stereocenters. The lowest BCUT2D eigenvalue weighted by atomic mass is 10.0. The van der Waals surface area contributed by atoms with Crippen LogP contribution < -0.4 is 0 Å². The molecule has 1 N–H and O–H groups in total. The predicted molar refractivity (Wildman–Crippen MR) is 104 cm³/mol. The van der Waals surface area contributed by atoms with Crippen LogP contribution in [0.5, 0.6) is 5.75 Å². The normalized spacial score (nSPS) is 11.2. The van der Waals surface area contributed by atoms with Crippen molar-refractivity contribution in [3.8, 4) is 28.1 Å². The summed E-state index contributed by atoms with van der Waals surface area (Å²) in [5.41, 5.74) is 6.36. The predicted octanol–water partition coefficient (Wildman–Crippen LogP) is 6.02. The highest BCUT2D eigenvalue weighted by atomic mass is 16.3. The van der Waals surface area contributed by atoms with E-state index in [9.17, 15) is 5.11 Å². The summed E-state index contributed by atoms with van der Waals surface area (Å²) in [5.74, 6) is 0.242. The van der Waals surface area contributed by atoms with Gasteiger partial charge in [0.1, 0.15) is 16.8 Å². The number of fused-ring (bicyclic) bond motifs is 3. The number of nitrogens with zero attached hydrogens (tertiary/aromatic N) is 1. The van der Waals surface area contributed by atoms with E-state index >= 15 is 0 Å². The number of phenolic OH excluding ortho intramolecular Hbond substituents is 1. The fourth-order valence-electron chi connectivity index (χ4n) is 3.29. The third-order valence-corrected chi connectivity index (χ3v) is 4.58. The Bertz CT molecular complexity index is 1220. The van der Waals surface area contributed by atoms with Crippen LogP contribution >= 0.6 is 0 Å². The van der Waals surface area contributed by atoms with Gasteiger partial charge in [0, 0.05) is 16.5 Å². The first-order valence-electron chi connectivity index (χ1n) is 8.47. The van der Waals surface area contributed by atoms with Gasteiger partial charge >= 0.3 is 0 Å². The molecule has 0 fully saturated rings. The summed E-state index contributed by atoms with van der Waals surface area (Å²) < 4.78 is 6.15. The van der Waals surface area contributed by atoms with Gasteiger partial charge < -0.3 is 9.52 Å². The van der Waals surface area contributed by atoms with Crippen molar-refractivity contribution in [2.24, 2.45) is 0 Å². The number of pyridine rings is 1. The Morgan fingerprint density at radius 2 is 1.46 bits per heavy atom. The molecule has 2 heterocycles. The van der Waals surface area contributed by atoms with E-state index in [1.165, 1.54) is 0 Å². The highest BCUT2D eigenvalue weighted by Gasteiger charge is 2.16. The Labute approximate surface area is 150 Å². The van der Waals surface area contributed by atoms with Gasteiger partial charge in [0.15, 0.2) is 5.58 Å². The van der Waals surface area contributed by atoms with Crippen molar-refractivity contribution in [2.75, 3.05) is 0 Å². The quantitative estimate of drug-likeness (QED) is 0.428. The molecule has 0 radical (unpaired) electrons. The van der Waals surface area contributed by atoms with Crippen molar-refractivity contribution in [1.29, 1.82) is 0 Å². The number of aromatic nitrogens is 1. The second-order valence-electron chi connectivity index (χ2n) is 6.24. The maximum atomic E-state index is 9.58. The van der Waals surface area contributed by atoms with Crippen molar-refractivity contribution < 1.29 is 9.52 Å². The molecular weight excluding hydrogens is 322 g/mol. The molecule has 0 saturated heterocycles. The molecule has 3 heteroatoms. The van der Waals surface area contributed by atoms with Crippen molar-refractivity contribution >= 4 is 22.1 Å². The minimum atomic E-state index is 0.242. The van der Waals surface area contributed by atoms with Gasteiger partial charge in [-0.1, -0.05) is 42.5 Å². The highest BCUT2D eigenvalue weighted by Crippen LogP contribution is 2.37. The van der Waals surface area contributed by atoms with Crippen LogP contribution in [0.4, 0.5) is 0 Å². The van der Waals surface area contributed by atoms with Gasteiger partial charge in [0.25, 0.3) is 0 Å². The molecule has 26 heavy (non-hydrogen) atoms. The summed E-state index contributed by atoms with van der Waals surface area (Å²) in [4.78, 5) is 4.87. The average Bonchev–Trinajstić information content (AvgIpc) is 3.07. The first-order chi connectivity index (χ1) is 12.8. The van der Waals surface area contributed by atoms with E-state index in [1.54, 1.807) is 12.1 Å².